The first-order valence-electron chi connectivity index (χ1n) is 7.35. The zero-order valence-electron chi connectivity index (χ0n) is 12.7. The van der Waals surface area contributed by atoms with Gasteiger partial charge in [0.05, 0.1) is 29.3 Å². The number of hydrogen-bond acceptors (Lipinski definition) is 3. The maximum Gasteiger partial charge on any atom is 0.230 e. The minimum atomic E-state index is -0.634. The van der Waals surface area contributed by atoms with E-state index in [0.717, 1.165) is 5.56 Å². The Labute approximate surface area is 130 Å². The molecule has 4 heteroatoms. The number of hydrogen-bond donors (Lipinski definition) is 0. The van der Waals surface area contributed by atoms with E-state index in [1.807, 2.05) is 51.1 Å². The topological polar surface area (TPSA) is 35.5 Å². The summed E-state index contributed by atoms with van der Waals surface area (Å²) in [4.78, 5) is 12.0. The molecule has 0 radical (unpaired) electrons. The van der Waals surface area contributed by atoms with Crippen molar-refractivity contribution in [3.63, 3.8) is 0 Å². The fourth-order valence-electron chi connectivity index (χ4n) is 3.95. The van der Waals surface area contributed by atoms with E-state index in [9.17, 15) is 4.79 Å². The minimum Gasteiger partial charge on any atom is -0.371 e. The predicted octanol–water partition coefficient (Wildman–Crippen LogP) is 3.68. The van der Waals surface area contributed by atoms with E-state index in [1.165, 1.54) is 0 Å². The highest BCUT2D eigenvalue weighted by atomic mass is 35.5. The van der Waals surface area contributed by atoms with Crippen molar-refractivity contribution < 1.29 is 14.3 Å². The second kappa shape index (κ2) is 4.80. The van der Waals surface area contributed by atoms with Gasteiger partial charge in [-0.05, 0) is 50.8 Å². The van der Waals surface area contributed by atoms with E-state index in [1.54, 1.807) is 0 Å². The van der Waals surface area contributed by atoms with Gasteiger partial charge in [-0.3, -0.25) is 4.79 Å². The zero-order valence-corrected chi connectivity index (χ0v) is 13.4. The average molecular weight is 309 g/mol. The lowest BCUT2D eigenvalue weighted by atomic mass is 9.74. The SMILES string of the molecule is CC12CC(C(=O)Cl)(CC1OCc1ccccc1)C(C)(C)O2. The summed E-state index contributed by atoms with van der Waals surface area (Å²) in [6, 6.07) is 10.0. The third-order valence-electron chi connectivity index (χ3n) is 5.18. The highest BCUT2D eigenvalue weighted by Crippen LogP contribution is 2.63. The first-order chi connectivity index (χ1) is 9.79. The van der Waals surface area contributed by atoms with Gasteiger partial charge in [-0.25, -0.2) is 0 Å². The molecule has 0 spiro atoms. The normalized spacial score (nSPS) is 36.9. The summed E-state index contributed by atoms with van der Waals surface area (Å²) in [5, 5.41) is -0.304. The Balaban J connectivity index is 1.77. The van der Waals surface area contributed by atoms with Gasteiger partial charge in [0, 0.05) is 0 Å². The Morgan fingerprint density at radius 3 is 2.57 bits per heavy atom. The Morgan fingerprint density at radius 2 is 2.00 bits per heavy atom. The first kappa shape index (κ1) is 15.0. The quantitative estimate of drug-likeness (QED) is 0.796. The van der Waals surface area contributed by atoms with Crippen LogP contribution in [0.2, 0.25) is 0 Å². The molecule has 1 heterocycles. The number of carbonyl (C=O) groups excluding carboxylic acids is 1. The van der Waals surface area contributed by atoms with Crippen molar-refractivity contribution in [2.75, 3.05) is 0 Å². The maximum atomic E-state index is 12.0. The van der Waals surface area contributed by atoms with Crippen LogP contribution in [0.5, 0.6) is 0 Å². The fourth-order valence-corrected chi connectivity index (χ4v) is 4.32. The molecular weight excluding hydrogens is 288 g/mol. The standard InChI is InChI=1S/C17H21ClO3/c1-15(2)17(14(18)19)9-13(16(3,11-17)21-15)20-10-12-7-5-4-6-8-12/h4-8,13H,9-11H2,1-3H3. The number of benzene rings is 1. The second-order valence-corrected chi connectivity index (χ2v) is 7.29. The van der Waals surface area contributed by atoms with Crippen molar-refractivity contribution in [3.8, 4) is 0 Å². The van der Waals surface area contributed by atoms with Crippen LogP contribution in [0.25, 0.3) is 0 Å². The van der Waals surface area contributed by atoms with Crippen molar-refractivity contribution in [3.05, 3.63) is 35.9 Å². The van der Waals surface area contributed by atoms with Gasteiger partial charge < -0.3 is 9.47 Å². The van der Waals surface area contributed by atoms with E-state index in [0.29, 0.717) is 19.4 Å². The number of ether oxygens (including phenoxy) is 2. The monoisotopic (exact) mass is 308 g/mol. The first-order valence-corrected chi connectivity index (χ1v) is 7.73. The smallest absolute Gasteiger partial charge is 0.230 e. The summed E-state index contributed by atoms with van der Waals surface area (Å²) in [7, 11) is 0. The van der Waals surface area contributed by atoms with Crippen molar-refractivity contribution >= 4 is 16.8 Å². The maximum absolute atomic E-state index is 12.0. The van der Waals surface area contributed by atoms with Crippen LogP contribution >= 0.6 is 11.6 Å². The average Bonchev–Trinajstić information content (AvgIpc) is 2.82. The van der Waals surface area contributed by atoms with Crippen molar-refractivity contribution in [2.24, 2.45) is 5.41 Å². The van der Waals surface area contributed by atoms with Gasteiger partial charge in [-0.2, -0.15) is 0 Å². The lowest BCUT2D eigenvalue weighted by molar-refractivity contribution is -0.200. The van der Waals surface area contributed by atoms with Gasteiger partial charge in [0.25, 0.3) is 0 Å². The second-order valence-electron chi connectivity index (χ2n) is 6.95. The van der Waals surface area contributed by atoms with Crippen LogP contribution in [0.4, 0.5) is 0 Å². The molecule has 2 aliphatic rings. The Morgan fingerprint density at radius 1 is 1.33 bits per heavy atom. The summed E-state index contributed by atoms with van der Waals surface area (Å²) < 4.78 is 12.2. The van der Waals surface area contributed by atoms with Crippen LogP contribution in [-0.2, 0) is 20.9 Å². The molecule has 2 fully saturated rings. The molecule has 1 aliphatic carbocycles. The van der Waals surface area contributed by atoms with E-state index in [4.69, 9.17) is 21.1 Å². The highest BCUT2D eigenvalue weighted by molar-refractivity contribution is 6.65. The molecule has 3 unspecified atom stereocenters. The minimum absolute atomic E-state index is 0.103. The van der Waals surface area contributed by atoms with Crippen LogP contribution in [0.3, 0.4) is 0 Å². The van der Waals surface area contributed by atoms with Crippen LogP contribution in [0.1, 0.15) is 39.2 Å². The summed E-state index contributed by atoms with van der Waals surface area (Å²) >= 11 is 5.92. The molecule has 0 N–H and O–H groups in total. The molecule has 2 bridgehead atoms. The van der Waals surface area contributed by atoms with E-state index < -0.39 is 16.6 Å². The Bertz CT molecular complexity index is 556. The summed E-state index contributed by atoms with van der Waals surface area (Å²) in [6.07, 6.45) is 1.16. The van der Waals surface area contributed by atoms with Crippen molar-refractivity contribution in [2.45, 2.75) is 57.5 Å². The van der Waals surface area contributed by atoms with E-state index >= 15 is 0 Å². The van der Waals surface area contributed by atoms with Gasteiger partial charge in [-0.15, -0.1) is 0 Å². The molecule has 1 aromatic rings. The highest BCUT2D eigenvalue weighted by Gasteiger charge is 2.71. The number of rotatable bonds is 4. The molecule has 1 saturated heterocycles. The van der Waals surface area contributed by atoms with Gasteiger partial charge >= 0.3 is 0 Å². The molecular formula is C17H21ClO3. The number of fused-ring (bicyclic) bond motifs is 2. The van der Waals surface area contributed by atoms with Gasteiger partial charge in [-0.1, -0.05) is 30.3 Å². The lowest BCUT2D eigenvalue weighted by Crippen LogP contribution is -2.51. The third-order valence-corrected chi connectivity index (χ3v) is 5.54. The van der Waals surface area contributed by atoms with Crippen LogP contribution < -0.4 is 0 Å². The Kier molecular flexibility index (Phi) is 3.43. The van der Waals surface area contributed by atoms with Crippen LogP contribution in [0.15, 0.2) is 30.3 Å². The molecule has 1 saturated carbocycles. The van der Waals surface area contributed by atoms with Crippen molar-refractivity contribution in [1.29, 1.82) is 0 Å². The van der Waals surface area contributed by atoms with Crippen molar-refractivity contribution in [1.82, 2.24) is 0 Å². The molecule has 3 nitrogen and oxygen atoms in total. The Hall–Kier alpha value is -0.900. The third kappa shape index (κ3) is 2.23. The predicted molar refractivity (Wildman–Crippen MR) is 81.1 cm³/mol. The summed E-state index contributed by atoms with van der Waals surface area (Å²) in [5.74, 6) is 0. The number of halogens is 1. The largest absolute Gasteiger partial charge is 0.371 e. The van der Waals surface area contributed by atoms with E-state index in [2.05, 4.69) is 0 Å². The molecule has 0 aromatic heterocycles. The number of carbonyl (C=O) groups is 1. The van der Waals surface area contributed by atoms with E-state index in [-0.39, 0.29) is 11.3 Å². The molecule has 3 atom stereocenters. The summed E-state index contributed by atoms with van der Waals surface area (Å²) in [5.41, 5.74) is -0.491. The molecule has 0 amide bonds. The molecule has 21 heavy (non-hydrogen) atoms. The van der Waals surface area contributed by atoms with Crippen LogP contribution in [0, 0.1) is 5.41 Å². The molecule has 3 rings (SSSR count). The van der Waals surface area contributed by atoms with Gasteiger partial charge in [0.15, 0.2) is 0 Å². The lowest BCUT2D eigenvalue weighted by Gasteiger charge is -2.43. The molecule has 114 valence electrons. The fraction of sp³-hybridized carbons (Fsp3) is 0.588. The molecule has 1 aliphatic heterocycles. The zero-order chi connectivity index (χ0) is 15.3. The van der Waals surface area contributed by atoms with Crippen LogP contribution in [-0.4, -0.2) is 22.5 Å². The van der Waals surface area contributed by atoms with Gasteiger partial charge in [0.2, 0.25) is 5.24 Å². The summed E-state index contributed by atoms with van der Waals surface area (Å²) in [6.45, 7) is 6.45. The van der Waals surface area contributed by atoms with Gasteiger partial charge in [0.1, 0.15) is 0 Å². The molecule has 1 aromatic carbocycles.